The molecule has 0 heterocycles. The third-order valence-electron chi connectivity index (χ3n) is 4.39. The summed E-state index contributed by atoms with van der Waals surface area (Å²) in [6.07, 6.45) is 2.00. The molecular weight excluding hydrogens is 374 g/mol. The zero-order valence-corrected chi connectivity index (χ0v) is 16.0. The predicted octanol–water partition coefficient (Wildman–Crippen LogP) is 2.92. The number of hydrogen-bond donors (Lipinski definition) is 4. The number of aliphatic carboxylic acids is 1. The number of benzene rings is 2. The second-order valence-electron chi connectivity index (χ2n) is 6.90. The van der Waals surface area contributed by atoms with Gasteiger partial charge in [-0.3, -0.25) is 4.79 Å². The molecule has 1 aliphatic carbocycles. The van der Waals surface area contributed by atoms with Gasteiger partial charge in [0.15, 0.2) is 6.61 Å². The molecule has 1 atom stereocenters. The number of nitrogens with one attached hydrogen (secondary N) is 3. The highest BCUT2D eigenvalue weighted by Gasteiger charge is 2.23. The largest absolute Gasteiger partial charge is 0.482 e. The summed E-state index contributed by atoms with van der Waals surface area (Å²) in [5.74, 6) is -0.871. The van der Waals surface area contributed by atoms with Gasteiger partial charge in [0.25, 0.3) is 5.91 Å². The molecule has 8 nitrogen and oxygen atoms in total. The van der Waals surface area contributed by atoms with E-state index in [2.05, 4.69) is 16.0 Å². The smallest absolute Gasteiger partial charge is 0.341 e. The molecule has 152 valence electrons. The van der Waals surface area contributed by atoms with Crippen LogP contribution in [0.2, 0.25) is 0 Å². The van der Waals surface area contributed by atoms with Gasteiger partial charge in [-0.05, 0) is 55.7 Å². The van der Waals surface area contributed by atoms with Crippen molar-refractivity contribution in [1.29, 1.82) is 0 Å². The third-order valence-corrected chi connectivity index (χ3v) is 4.39. The van der Waals surface area contributed by atoms with E-state index in [9.17, 15) is 14.4 Å². The lowest BCUT2D eigenvalue weighted by Crippen LogP contribution is -2.30. The minimum absolute atomic E-state index is 0.253. The molecule has 3 rings (SSSR count). The lowest BCUT2D eigenvalue weighted by atomic mass is 10.1. The third kappa shape index (κ3) is 6.24. The van der Waals surface area contributed by atoms with Crippen LogP contribution >= 0.6 is 0 Å². The molecule has 0 saturated heterocycles. The van der Waals surface area contributed by atoms with E-state index in [4.69, 9.17) is 9.84 Å². The Balaban J connectivity index is 1.56. The van der Waals surface area contributed by atoms with E-state index in [0.29, 0.717) is 17.0 Å². The lowest BCUT2D eigenvalue weighted by Gasteiger charge is -2.15. The number of urea groups is 1. The first-order chi connectivity index (χ1) is 13.9. The molecule has 1 saturated carbocycles. The summed E-state index contributed by atoms with van der Waals surface area (Å²) in [5.41, 5.74) is 1.82. The summed E-state index contributed by atoms with van der Waals surface area (Å²) >= 11 is 0. The van der Waals surface area contributed by atoms with Crippen LogP contribution in [0.1, 0.15) is 41.7 Å². The van der Waals surface area contributed by atoms with Gasteiger partial charge in [0.2, 0.25) is 0 Å². The maximum atomic E-state index is 12.6. The van der Waals surface area contributed by atoms with Crippen molar-refractivity contribution in [1.82, 2.24) is 10.6 Å². The number of rotatable bonds is 8. The number of hydrogen-bond acceptors (Lipinski definition) is 4. The summed E-state index contributed by atoms with van der Waals surface area (Å²) in [6.45, 7) is 1.44. The van der Waals surface area contributed by atoms with Gasteiger partial charge in [0.1, 0.15) is 5.75 Å². The Kier molecular flexibility index (Phi) is 6.33. The highest BCUT2D eigenvalue weighted by atomic mass is 16.5. The first-order valence-corrected chi connectivity index (χ1v) is 9.33. The Morgan fingerprint density at radius 1 is 1.14 bits per heavy atom. The number of carboxylic acid groups (broad SMARTS) is 1. The number of carbonyl (C=O) groups is 3. The van der Waals surface area contributed by atoms with E-state index in [0.717, 1.165) is 18.4 Å². The molecule has 4 N–H and O–H groups in total. The number of carbonyl (C=O) groups excluding carboxylic acids is 2. The van der Waals surface area contributed by atoms with Crippen LogP contribution in [0.5, 0.6) is 5.75 Å². The fourth-order valence-electron chi connectivity index (χ4n) is 2.68. The zero-order chi connectivity index (χ0) is 20.8. The molecule has 2 aromatic carbocycles. The summed E-state index contributed by atoms with van der Waals surface area (Å²) in [6, 6.07) is 13.3. The van der Waals surface area contributed by atoms with Gasteiger partial charge in [0, 0.05) is 17.3 Å². The van der Waals surface area contributed by atoms with E-state index in [1.807, 2.05) is 6.92 Å². The summed E-state index contributed by atoms with van der Waals surface area (Å²) in [4.78, 5) is 35.0. The highest BCUT2D eigenvalue weighted by Crippen LogP contribution is 2.20. The van der Waals surface area contributed by atoms with Crippen molar-refractivity contribution < 1.29 is 24.2 Å². The highest BCUT2D eigenvalue weighted by molar-refractivity contribution is 5.97. The minimum atomic E-state index is -1.04. The van der Waals surface area contributed by atoms with E-state index in [1.54, 1.807) is 48.5 Å². The average Bonchev–Trinajstić information content (AvgIpc) is 3.50. The molecule has 0 radical (unpaired) electrons. The SMILES string of the molecule is CC(NC(=O)c1cccc(NC(=O)NC2CC2)c1)c1ccc(OCC(=O)O)cc1. The molecule has 29 heavy (non-hydrogen) atoms. The molecular formula is C21H23N3O5. The quantitative estimate of drug-likeness (QED) is 0.546. The lowest BCUT2D eigenvalue weighted by molar-refractivity contribution is -0.139. The first kappa shape index (κ1) is 20.2. The molecule has 0 aliphatic heterocycles. The molecule has 1 aliphatic rings. The Hall–Kier alpha value is -3.55. The minimum Gasteiger partial charge on any atom is -0.482 e. The van der Waals surface area contributed by atoms with Gasteiger partial charge < -0.3 is 25.8 Å². The van der Waals surface area contributed by atoms with Crippen LogP contribution in [0, 0.1) is 0 Å². The Labute approximate surface area is 168 Å². The van der Waals surface area contributed by atoms with Crippen molar-refractivity contribution in [2.24, 2.45) is 0 Å². The van der Waals surface area contributed by atoms with Crippen molar-refractivity contribution in [3.63, 3.8) is 0 Å². The Morgan fingerprint density at radius 2 is 1.86 bits per heavy atom. The van der Waals surface area contributed by atoms with Crippen molar-refractivity contribution >= 4 is 23.6 Å². The van der Waals surface area contributed by atoms with Gasteiger partial charge in [-0.25, -0.2) is 9.59 Å². The molecule has 1 fully saturated rings. The van der Waals surface area contributed by atoms with E-state index in [-0.39, 0.29) is 24.0 Å². The maximum Gasteiger partial charge on any atom is 0.341 e. The summed E-state index contributed by atoms with van der Waals surface area (Å²) < 4.78 is 5.10. The van der Waals surface area contributed by atoms with Crippen LogP contribution < -0.4 is 20.7 Å². The van der Waals surface area contributed by atoms with E-state index < -0.39 is 12.6 Å². The molecule has 0 bridgehead atoms. The number of ether oxygens (including phenoxy) is 1. The van der Waals surface area contributed by atoms with Crippen LogP contribution in [0.4, 0.5) is 10.5 Å². The van der Waals surface area contributed by atoms with Crippen molar-refractivity contribution in [2.75, 3.05) is 11.9 Å². The molecule has 3 amide bonds. The van der Waals surface area contributed by atoms with Gasteiger partial charge in [-0.1, -0.05) is 18.2 Å². The van der Waals surface area contributed by atoms with E-state index in [1.165, 1.54) is 0 Å². The van der Waals surface area contributed by atoms with Gasteiger partial charge >= 0.3 is 12.0 Å². The molecule has 8 heteroatoms. The second kappa shape index (κ2) is 9.09. The standard InChI is InChI=1S/C21H23N3O5/c1-13(14-5-9-18(10-6-14)29-12-19(25)26)22-20(27)15-3-2-4-17(11-15)24-21(28)23-16-7-8-16/h2-6,9-11,13,16H,7-8,12H2,1H3,(H,22,27)(H,25,26)(H2,23,24,28). The number of carboxylic acids is 1. The second-order valence-corrected chi connectivity index (χ2v) is 6.90. The van der Waals surface area contributed by atoms with Crippen molar-refractivity contribution in [3.8, 4) is 5.75 Å². The molecule has 0 aromatic heterocycles. The van der Waals surface area contributed by atoms with Gasteiger partial charge in [-0.15, -0.1) is 0 Å². The van der Waals surface area contributed by atoms with Crippen LogP contribution in [0.3, 0.4) is 0 Å². The maximum absolute atomic E-state index is 12.6. The first-order valence-electron chi connectivity index (χ1n) is 9.33. The summed E-state index contributed by atoms with van der Waals surface area (Å²) in [5, 5.41) is 17.1. The van der Waals surface area contributed by atoms with Crippen LogP contribution in [-0.2, 0) is 4.79 Å². The number of amides is 3. The fraction of sp³-hybridized carbons (Fsp3) is 0.286. The normalized spacial score (nSPS) is 13.8. The van der Waals surface area contributed by atoms with Crippen LogP contribution in [0.15, 0.2) is 48.5 Å². The Bertz CT molecular complexity index is 893. The zero-order valence-electron chi connectivity index (χ0n) is 16.0. The number of anilines is 1. The van der Waals surface area contributed by atoms with Crippen LogP contribution in [-0.4, -0.2) is 35.7 Å². The monoisotopic (exact) mass is 397 g/mol. The van der Waals surface area contributed by atoms with Gasteiger partial charge in [0.05, 0.1) is 6.04 Å². The van der Waals surface area contributed by atoms with E-state index >= 15 is 0 Å². The molecule has 2 aromatic rings. The predicted molar refractivity (Wildman–Crippen MR) is 107 cm³/mol. The summed E-state index contributed by atoms with van der Waals surface area (Å²) in [7, 11) is 0. The van der Waals surface area contributed by atoms with Gasteiger partial charge in [-0.2, -0.15) is 0 Å². The average molecular weight is 397 g/mol. The molecule has 0 spiro atoms. The Morgan fingerprint density at radius 3 is 2.52 bits per heavy atom. The van der Waals surface area contributed by atoms with Crippen molar-refractivity contribution in [3.05, 3.63) is 59.7 Å². The molecule has 1 unspecified atom stereocenters. The van der Waals surface area contributed by atoms with Crippen molar-refractivity contribution in [2.45, 2.75) is 31.8 Å². The fourth-order valence-corrected chi connectivity index (χ4v) is 2.68. The van der Waals surface area contributed by atoms with Crippen LogP contribution in [0.25, 0.3) is 0 Å². The topological polar surface area (TPSA) is 117 Å².